The molecule has 0 aliphatic carbocycles. The van der Waals surface area contributed by atoms with Gasteiger partial charge in [-0.05, 0) is 33.0 Å². The lowest BCUT2D eigenvalue weighted by Crippen LogP contribution is -2.45. The fraction of sp³-hybridized carbons (Fsp3) is 0.583. The number of nitrogen functional groups attached to an aromatic ring is 2. The SMILES string of the molecule is CN(C)C1CCCN(c2ncc(N)cc2N)C1. The van der Waals surface area contributed by atoms with Crippen molar-refractivity contribution in [2.45, 2.75) is 18.9 Å². The van der Waals surface area contributed by atoms with Crippen LogP contribution in [0.3, 0.4) is 0 Å². The van der Waals surface area contributed by atoms with Gasteiger partial charge in [-0.3, -0.25) is 0 Å². The zero-order valence-corrected chi connectivity index (χ0v) is 10.6. The van der Waals surface area contributed by atoms with Crippen LogP contribution in [-0.4, -0.2) is 43.1 Å². The smallest absolute Gasteiger partial charge is 0.151 e. The molecule has 1 saturated heterocycles. The van der Waals surface area contributed by atoms with Crippen LogP contribution in [0.1, 0.15) is 12.8 Å². The molecule has 1 aromatic heterocycles. The van der Waals surface area contributed by atoms with Crippen molar-refractivity contribution in [3.8, 4) is 0 Å². The average molecular weight is 235 g/mol. The number of nitrogens with two attached hydrogens (primary N) is 2. The summed E-state index contributed by atoms with van der Waals surface area (Å²) in [6.45, 7) is 2.00. The standard InChI is InChI=1S/C12H21N5/c1-16(2)10-4-3-5-17(8-10)12-11(14)6-9(13)7-15-12/h6-7,10H,3-5,8,13-14H2,1-2H3. The van der Waals surface area contributed by atoms with Crippen molar-refractivity contribution < 1.29 is 0 Å². The fourth-order valence-corrected chi connectivity index (χ4v) is 2.32. The van der Waals surface area contributed by atoms with E-state index in [9.17, 15) is 0 Å². The molecule has 4 N–H and O–H groups in total. The van der Waals surface area contributed by atoms with Gasteiger partial charge in [0, 0.05) is 19.1 Å². The summed E-state index contributed by atoms with van der Waals surface area (Å²) in [6.07, 6.45) is 4.08. The summed E-state index contributed by atoms with van der Waals surface area (Å²) in [5, 5.41) is 0. The van der Waals surface area contributed by atoms with Gasteiger partial charge in [-0.2, -0.15) is 0 Å². The van der Waals surface area contributed by atoms with Gasteiger partial charge in [0.15, 0.2) is 5.82 Å². The van der Waals surface area contributed by atoms with Gasteiger partial charge < -0.3 is 21.3 Å². The average Bonchev–Trinajstić information content (AvgIpc) is 2.29. The number of piperidine rings is 1. The van der Waals surface area contributed by atoms with Crippen molar-refractivity contribution in [1.82, 2.24) is 9.88 Å². The Morgan fingerprint density at radius 1 is 1.41 bits per heavy atom. The molecule has 1 aromatic rings. The highest BCUT2D eigenvalue weighted by molar-refractivity contribution is 5.67. The first kappa shape index (κ1) is 12.0. The number of rotatable bonds is 2. The summed E-state index contributed by atoms with van der Waals surface area (Å²) in [4.78, 5) is 8.87. The summed E-state index contributed by atoms with van der Waals surface area (Å²) in [7, 11) is 4.24. The lowest BCUT2D eigenvalue weighted by Gasteiger charge is -2.37. The summed E-state index contributed by atoms with van der Waals surface area (Å²) in [6, 6.07) is 2.35. The second-order valence-corrected chi connectivity index (χ2v) is 4.89. The van der Waals surface area contributed by atoms with Crippen LogP contribution in [0.2, 0.25) is 0 Å². The van der Waals surface area contributed by atoms with Gasteiger partial charge >= 0.3 is 0 Å². The van der Waals surface area contributed by atoms with E-state index in [2.05, 4.69) is 28.9 Å². The second-order valence-electron chi connectivity index (χ2n) is 4.89. The molecule has 1 aliphatic heterocycles. The van der Waals surface area contributed by atoms with Crippen LogP contribution in [0, 0.1) is 0 Å². The number of hydrogen-bond donors (Lipinski definition) is 2. The van der Waals surface area contributed by atoms with E-state index in [0.29, 0.717) is 17.4 Å². The molecular weight excluding hydrogens is 214 g/mol. The molecule has 2 heterocycles. The molecule has 0 radical (unpaired) electrons. The largest absolute Gasteiger partial charge is 0.397 e. The Hall–Kier alpha value is -1.49. The van der Waals surface area contributed by atoms with E-state index in [4.69, 9.17) is 11.5 Å². The minimum absolute atomic E-state index is 0.572. The molecule has 1 fully saturated rings. The number of pyridine rings is 1. The Kier molecular flexibility index (Phi) is 3.38. The first-order chi connectivity index (χ1) is 8.08. The van der Waals surface area contributed by atoms with Crippen molar-refractivity contribution >= 4 is 17.2 Å². The Balaban J connectivity index is 2.16. The molecule has 1 aliphatic rings. The molecule has 0 bridgehead atoms. The molecule has 1 atom stereocenters. The van der Waals surface area contributed by atoms with E-state index in [1.165, 1.54) is 12.8 Å². The molecule has 5 nitrogen and oxygen atoms in total. The summed E-state index contributed by atoms with van der Waals surface area (Å²) in [5.41, 5.74) is 12.9. The highest BCUT2D eigenvalue weighted by atomic mass is 15.2. The number of aromatic nitrogens is 1. The third-order valence-corrected chi connectivity index (χ3v) is 3.34. The van der Waals surface area contributed by atoms with Crippen molar-refractivity contribution in [2.24, 2.45) is 0 Å². The Morgan fingerprint density at radius 2 is 2.18 bits per heavy atom. The van der Waals surface area contributed by atoms with Crippen molar-refractivity contribution in [3.63, 3.8) is 0 Å². The van der Waals surface area contributed by atoms with E-state index < -0.39 is 0 Å². The molecule has 94 valence electrons. The normalized spacial score (nSPS) is 20.9. The van der Waals surface area contributed by atoms with Crippen LogP contribution in [0.5, 0.6) is 0 Å². The summed E-state index contributed by atoms with van der Waals surface area (Å²) in [5.74, 6) is 0.866. The molecule has 5 heteroatoms. The van der Waals surface area contributed by atoms with Gasteiger partial charge in [0.1, 0.15) is 0 Å². The minimum atomic E-state index is 0.572. The maximum atomic E-state index is 5.98. The van der Waals surface area contributed by atoms with Crippen LogP contribution in [-0.2, 0) is 0 Å². The summed E-state index contributed by atoms with van der Waals surface area (Å²) >= 11 is 0. The molecule has 17 heavy (non-hydrogen) atoms. The van der Waals surface area contributed by atoms with Crippen LogP contribution in [0.25, 0.3) is 0 Å². The first-order valence-corrected chi connectivity index (χ1v) is 6.00. The molecular formula is C12H21N5. The van der Waals surface area contributed by atoms with E-state index in [0.717, 1.165) is 18.9 Å². The number of hydrogen-bond acceptors (Lipinski definition) is 5. The predicted octanol–water partition coefficient (Wildman–Crippen LogP) is 0.776. The topological polar surface area (TPSA) is 71.4 Å². The number of anilines is 3. The maximum absolute atomic E-state index is 5.98. The van der Waals surface area contributed by atoms with Gasteiger partial charge in [-0.15, -0.1) is 0 Å². The Bertz CT molecular complexity index is 390. The van der Waals surface area contributed by atoms with Crippen molar-refractivity contribution in [2.75, 3.05) is 43.6 Å². The number of nitrogens with zero attached hydrogens (tertiary/aromatic N) is 3. The van der Waals surface area contributed by atoms with Gasteiger partial charge in [0.2, 0.25) is 0 Å². The number of likely N-dealkylation sites (N-methyl/N-ethyl adjacent to an activating group) is 1. The lowest BCUT2D eigenvalue weighted by atomic mass is 10.0. The third kappa shape index (κ3) is 2.61. The van der Waals surface area contributed by atoms with Crippen LogP contribution in [0.15, 0.2) is 12.3 Å². The minimum Gasteiger partial charge on any atom is -0.397 e. The van der Waals surface area contributed by atoms with Gasteiger partial charge in [-0.25, -0.2) is 4.98 Å². The van der Waals surface area contributed by atoms with Crippen LogP contribution in [0.4, 0.5) is 17.2 Å². The van der Waals surface area contributed by atoms with E-state index in [1.807, 2.05) is 0 Å². The van der Waals surface area contributed by atoms with Crippen molar-refractivity contribution in [3.05, 3.63) is 12.3 Å². The molecule has 0 aromatic carbocycles. The monoisotopic (exact) mass is 235 g/mol. The van der Waals surface area contributed by atoms with Gasteiger partial charge in [0.25, 0.3) is 0 Å². The Labute approximate surface area is 102 Å². The lowest BCUT2D eigenvalue weighted by molar-refractivity contribution is 0.257. The predicted molar refractivity (Wildman–Crippen MR) is 72.0 cm³/mol. The highest BCUT2D eigenvalue weighted by Crippen LogP contribution is 2.26. The Morgan fingerprint density at radius 3 is 2.82 bits per heavy atom. The molecule has 0 spiro atoms. The third-order valence-electron chi connectivity index (χ3n) is 3.34. The highest BCUT2D eigenvalue weighted by Gasteiger charge is 2.23. The zero-order valence-electron chi connectivity index (χ0n) is 10.6. The van der Waals surface area contributed by atoms with Crippen LogP contribution >= 0.6 is 0 Å². The molecule has 1 unspecified atom stereocenters. The van der Waals surface area contributed by atoms with Gasteiger partial charge in [-0.1, -0.05) is 0 Å². The fourth-order valence-electron chi connectivity index (χ4n) is 2.32. The van der Waals surface area contributed by atoms with E-state index >= 15 is 0 Å². The second kappa shape index (κ2) is 4.79. The zero-order chi connectivity index (χ0) is 12.4. The van der Waals surface area contributed by atoms with Gasteiger partial charge in [0.05, 0.1) is 17.6 Å². The van der Waals surface area contributed by atoms with E-state index in [1.54, 1.807) is 12.3 Å². The van der Waals surface area contributed by atoms with E-state index in [-0.39, 0.29) is 0 Å². The summed E-state index contributed by atoms with van der Waals surface area (Å²) < 4.78 is 0. The van der Waals surface area contributed by atoms with Crippen LogP contribution < -0.4 is 16.4 Å². The molecule has 0 saturated carbocycles. The first-order valence-electron chi connectivity index (χ1n) is 6.00. The quantitative estimate of drug-likeness (QED) is 0.792. The molecule has 0 amide bonds. The molecule has 2 rings (SSSR count). The van der Waals surface area contributed by atoms with Crippen molar-refractivity contribution in [1.29, 1.82) is 0 Å². The maximum Gasteiger partial charge on any atom is 0.151 e.